The zero-order valence-corrected chi connectivity index (χ0v) is 39.5. The molecular weight excluding hydrogens is 827 g/mol. The summed E-state index contributed by atoms with van der Waals surface area (Å²) in [5, 5.41) is 50.1. The van der Waals surface area contributed by atoms with E-state index in [0.29, 0.717) is 12.8 Å². The maximum atomic E-state index is 12.8. The van der Waals surface area contributed by atoms with Crippen LogP contribution in [0.15, 0.2) is 60.8 Å². The van der Waals surface area contributed by atoms with Gasteiger partial charge in [-0.25, -0.2) is 4.57 Å². The monoisotopic (exact) mass is 913 g/mol. The SMILES string of the molecule is CC/C=C/C/C=C/C/C=C/CCCCCCCCCCCCCC(=O)OCC(COP(=O)(O)OC1C(O)C(O)C(O)[C@H](O)C1O)OC(=O)CC/C=C/C/C=C/CCCCCCCC. The average molecular weight is 913 g/mol. The molecule has 13 nitrogen and oxygen atoms in total. The summed E-state index contributed by atoms with van der Waals surface area (Å²) in [5.41, 5.74) is 0. The standard InChI is InChI=1S/C49H85O13P/c1-3-5-7-9-11-13-15-17-18-19-20-21-22-23-24-26-27-29-31-33-35-37-42(50)59-39-41(40-60-63(57,58)62-49-47(55)45(53)44(52)46(54)48(49)56)61-43(51)38-36-34-32-30-28-25-16-14-12-10-8-6-4-2/h5,7,11,13,17-18,25,28,32,34,41,44-49,52-56H,3-4,6,8-10,12,14-16,19-24,26-27,29-31,33,35-40H2,1-2H3,(H,57,58)/b7-5+,13-11+,18-17+,28-25+,34-32+/t41?,44?,45-,46?,47?,48?,49?/m0/s1. The van der Waals surface area contributed by atoms with E-state index < -0.39 is 75.7 Å². The lowest BCUT2D eigenvalue weighted by atomic mass is 9.85. The number of carbonyl (C=O) groups excluding carboxylic acids is 2. The highest BCUT2D eigenvalue weighted by molar-refractivity contribution is 7.47. The number of hydrogen-bond donors (Lipinski definition) is 6. The van der Waals surface area contributed by atoms with E-state index in [1.165, 1.54) is 77.0 Å². The van der Waals surface area contributed by atoms with Crippen molar-refractivity contribution < 1.29 is 63.1 Å². The molecule has 364 valence electrons. The lowest BCUT2D eigenvalue weighted by Crippen LogP contribution is -2.64. The number of aliphatic hydroxyl groups is 5. The summed E-state index contributed by atoms with van der Waals surface area (Å²) in [7, 11) is -5.13. The lowest BCUT2D eigenvalue weighted by Gasteiger charge is -2.41. The van der Waals surface area contributed by atoms with Crippen molar-refractivity contribution in [3.05, 3.63) is 60.8 Å². The molecule has 0 aromatic heterocycles. The molecule has 1 fully saturated rings. The number of esters is 2. The number of phosphoric acid groups is 1. The van der Waals surface area contributed by atoms with Crippen LogP contribution in [0.3, 0.4) is 0 Å². The quantitative estimate of drug-likeness (QED) is 0.0147. The molecule has 1 aliphatic rings. The van der Waals surface area contributed by atoms with Gasteiger partial charge < -0.3 is 39.9 Å². The average Bonchev–Trinajstić information content (AvgIpc) is 3.26. The molecule has 7 unspecified atom stereocenters. The first kappa shape index (κ1) is 58.6. The van der Waals surface area contributed by atoms with E-state index in [4.69, 9.17) is 18.5 Å². The molecule has 0 spiro atoms. The van der Waals surface area contributed by atoms with Crippen LogP contribution in [0.1, 0.15) is 181 Å². The molecule has 1 rings (SSSR count). The van der Waals surface area contributed by atoms with Crippen molar-refractivity contribution in [1.29, 1.82) is 0 Å². The molecule has 0 aliphatic heterocycles. The summed E-state index contributed by atoms with van der Waals surface area (Å²) in [5.74, 6) is -1.18. The fourth-order valence-electron chi connectivity index (χ4n) is 7.00. The number of allylic oxidation sites excluding steroid dienone is 10. The Kier molecular flexibility index (Phi) is 36.1. The molecule has 0 saturated heterocycles. The zero-order chi connectivity index (χ0) is 46.4. The van der Waals surface area contributed by atoms with Gasteiger partial charge in [-0.3, -0.25) is 18.6 Å². The van der Waals surface area contributed by atoms with E-state index in [0.717, 1.165) is 64.2 Å². The van der Waals surface area contributed by atoms with Crippen LogP contribution in [0.25, 0.3) is 0 Å². The van der Waals surface area contributed by atoms with Crippen molar-refractivity contribution in [2.24, 2.45) is 0 Å². The first-order chi connectivity index (χ1) is 30.4. The van der Waals surface area contributed by atoms with E-state index in [1.807, 2.05) is 12.2 Å². The van der Waals surface area contributed by atoms with Gasteiger partial charge >= 0.3 is 19.8 Å². The summed E-state index contributed by atoms with van der Waals surface area (Å²) >= 11 is 0. The largest absolute Gasteiger partial charge is 0.472 e. The molecule has 14 heteroatoms. The Morgan fingerprint density at radius 1 is 0.508 bits per heavy atom. The molecule has 0 radical (unpaired) electrons. The molecule has 0 aromatic rings. The van der Waals surface area contributed by atoms with E-state index >= 15 is 0 Å². The van der Waals surface area contributed by atoms with Crippen molar-refractivity contribution >= 4 is 19.8 Å². The Morgan fingerprint density at radius 3 is 1.44 bits per heavy atom. The van der Waals surface area contributed by atoms with E-state index in [2.05, 4.69) is 62.5 Å². The summed E-state index contributed by atoms with van der Waals surface area (Å²) in [6, 6.07) is 0. The van der Waals surface area contributed by atoms with E-state index in [-0.39, 0.29) is 12.8 Å². The summed E-state index contributed by atoms with van der Waals surface area (Å²) < 4.78 is 33.5. The Balaban J connectivity index is 2.42. The first-order valence-electron chi connectivity index (χ1n) is 24.1. The molecule has 0 heterocycles. The van der Waals surface area contributed by atoms with Crippen molar-refractivity contribution in [2.75, 3.05) is 13.2 Å². The number of phosphoric ester groups is 1. The van der Waals surface area contributed by atoms with Crippen LogP contribution in [0.4, 0.5) is 0 Å². The third-order valence-electron chi connectivity index (χ3n) is 10.9. The van der Waals surface area contributed by atoms with E-state index in [1.54, 1.807) is 0 Å². The maximum Gasteiger partial charge on any atom is 0.472 e. The summed E-state index contributed by atoms with van der Waals surface area (Å²) in [6.45, 7) is 3.13. The molecule has 1 aliphatic carbocycles. The van der Waals surface area contributed by atoms with Crippen molar-refractivity contribution in [3.63, 3.8) is 0 Å². The smallest absolute Gasteiger partial charge is 0.462 e. The topological polar surface area (TPSA) is 210 Å². The molecular formula is C49H85O13P. The van der Waals surface area contributed by atoms with Gasteiger partial charge in [0.05, 0.1) is 6.61 Å². The Morgan fingerprint density at radius 2 is 0.937 bits per heavy atom. The predicted molar refractivity (Wildman–Crippen MR) is 249 cm³/mol. The van der Waals surface area contributed by atoms with Crippen LogP contribution < -0.4 is 0 Å². The molecule has 0 bridgehead atoms. The molecule has 6 N–H and O–H groups in total. The molecule has 0 aromatic carbocycles. The van der Waals surface area contributed by atoms with Crippen LogP contribution in [0.5, 0.6) is 0 Å². The molecule has 63 heavy (non-hydrogen) atoms. The number of aliphatic hydroxyl groups excluding tert-OH is 5. The van der Waals surface area contributed by atoms with Gasteiger partial charge in [-0.05, 0) is 64.2 Å². The van der Waals surface area contributed by atoms with E-state index in [9.17, 15) is 44.6 Å². The summed E-state index contributed by atoms with van der Waals surface area (Å²) in [6.07, 6.45) is 34.4. The number of ether oxygens (including phenoxy) is 2. The van der Waals surface area contributed by atoms with Gasteiger partial charge in [-0.2, -0.15) is 0 Å². The second-order valence-corrected chi connectivity index (χ2v) is 18.0. The maximum absolute atomic E-state index is 12.8. The molecule has 0 amide bonds. The fourth-order valence-corrected chi connectivity index (χ4v) is 7.97. The fraction of sp³-hybridized carbons (Fsp3) is 0.755. The predicted octanol–water partition coefficient (Wildman–Crippen LogP) is 9.73. The van der Waals surface area contributed by atoms with Crippen LogP contribution >= 0.6 is 7.82 Å². The lowest BCUT2D eigenvalue weighted by molar-refractivity contribution is -0.220. The van der Waals surface area contributed by atoms with Crippen molar-refractivity contribution in [2.45, 2.75) is 224 Å². The molecule has 8 atom stereocenters. The van der Waals surface area contributed by atoms with Crippen molar-refractivity contribution in [3.8, 4) is 0 Å². The van der Waals surface area contributed by atoms with Crippen LogP contribution in [0.2, 0.25) is 0 Å². The second-order valence-electron chi connectivity index (χ2n) is 16.6. The minimum atomic E-state index is -5.13. The van der Waals surface area contributed by atoms with Gasteiger partial charge in [-0.1, -0.05) is 164 Å². The summed E-state index contributed by atoms with van der Waals surface area (Å²) in [4.78, 5) is 35.7. The number of hydrogen-bond acceptors (Lipinski definition) is 12. The van der Waals surface area contributed by atoms with Gasteiger partial charge in [0.1, 0.15) is 43.2 Å². The number of rotatable bonds is 39. The Labute approximate surface area is 379 Å². The van der Waals surface area contributed by atoms with Crippen molar-refractivity contribution in [1.82, 2.24) is 0 Å². The van der Waals surface area contributed by atoms with Gasteiger partial charge in [0.2, 0.25) is 0 Å². The first-order valence-corrected chi connectivity index (χ1v) is 25.6. The number of carbonyl (C=O) groups is 2. The normalized spacial score (nSPS) is 22.2. The van der Waals surface area contributed by atoms with Gasteiger partial charge in [0.25, 0.3) is 0 Å². The van der Waals surface area contributed by atoms with Gasteiger partial charge in [-0.15, -0.1) is 0 Å². The molecule has 1 saturated carbocycles. The highest BCUT2D eigenvalue weighted by Crippen LogP contribution is 2.47. The van der Waals surface area contributed by atoms with Crippen LogP contribution in [-0.2, 0) is 32.7 Å². The third-order valence-corrected chi connectivity index (χ3v) is 11.8. The highest BCUT2D eigenvalue weighted by atomic mass is 31.2. The minimum Gasteiger partial charge on any atom is -0.462 e. The van der Waals surface area contributed by atoms with Gasteiger partial charge in [0, 0.05) is 12.8 Å². The highest BCUT2D eigenvalue weighted by Gasteiger charge is 2.51. The zero-order valence-electron chi connectivity index (χ0n) is 38.6. The van der Waals surface area contributed by atoms with Gasteiger partial charge in [0.15, 0.2) is 6.10 Å². The third kappa shape index (κ3) is 31.2. The second kappa shape index (κ2) is 38.8. The minimum absolute atomic E-state index is 0.0114. The van der Waals surface area contributed by atoms with Crippen LogP contribution in [-0.4, -0.2) is 98.3 Å². The van der Waals surface area contributed by atoms with Crippen LogP contribution in [0, 0.1) is 0 Å². The number of unbranched alkanes of at least 4 members (excludes halogenated alkanes) is 17. The Hall–Kier alpha value is -2.45. The Bertz CT molecular complexity index is 1330.